The van der Waals surface area contributed by atoms with E-state index >= 15 is 0 Å². The molecule has 1 aromatic carbocycles. The fourth-order valence-corrected chi connectivity index (χ4v) is 3.54. The van der Waals surface area contributed by atoms with Crippen molar-refractivity contribution in [3.8, 4) is 0 Å². The molecule has 0 aromatic heterocycles. The van der Waals surface area contributed by atoms with Gasteiger partial charge in [-0.25, -0.2) is 0 Å². The van der Waals surface area contributed by atoms with Crippen LogP contribution in [0.3, 0.4) is 0 Å². The van der Waals surface area contributed by atoms with Crippen LogP contribution in [0.5, 0.6) is 0 Å². The van der Waals surface area contributed by atoms with Crippen LogP contribution in [0.2, 0.25) is 5.02 Å². The van der Waals surface area contributed by atoms with E-state index in [1.165, 1.54) is 5.56 Å². The number of halogens is 1. The molecule has 1 aromatic rings. The van der Waals surface area contributed by atoms with Gasteiger partial charge in [0.15, 0.2) is 0 Å². The van der Waals surface area contributed by atoms with Gasteiger partial charge in [0.25, 0.3) is 0 Å². The average Bonchev–Trinajstić information content (AvgIpc) is 2.81. The largest absolute Gasteiger partial charge is 0.390 e. The van der Waals surface area contributed by atoms with E-state index in [0.717, 1.165) is 50.8 Å². The Morgan fingerprint density at radius 3 is 2.33 bits per heavy atom. The van der Waals surface area contributed by atoms with E-state index in [-0.39, 0.29) is 6.10 Å². The molecule has 2 heterocycles. The maximum absolute atomic E-state index is 10.1. The quantitative estimate of drug-likeness (QED) is 0.907. The molecule has 4 nitrogen and oxygen atoms in total. The van der Waals surface area contributed by atoms with Crippen molar-refractivity contribution in [3.63, 3.8) is 0 Å². The number of aliphatic hydroxyl groups excluding tert-OH is 1. The number of aliphatic hydroxyl groups is 1. The highest BCUT2D eigenvalue weighted by atomic mass is 35.5. The van der Waals surface area contributed by atoms with Crippen LogP contribution in [0.1, 0.15) is 5.56 Å². The van der Waals surface area contributed by atoms with E-state index < -0.39 is 0 Å². The molecular weight excluding hydrogens is 286 g/mol. The lowest BCUT2D eigenvalue weighted by Crippen LogP contribution is -2.53. The summed E-state index contributed by atoms with van der Waals surface area (Å²) < 4.78 is 0. The Kier molecular flexibility index (Phi) is 4.82. The highest BCUT2D eigenvalue weighted by Crippen LogP contribution is 2.18. The lowest BCUT2D eigenvalue weighted by molar-refractivity contribution is 0.0423. The number of piperazine rings is 1. The summed E-state index contributed by atoms with van der Waals surface area (Å²) in [6.45, 7) is 6.99. The van der Waals surface area contributed by atoms with Crippen LogP contribution in [-0.4, -0.2) is 78.3 Å². The van der Waals surface area contributed by atoms with Crippen LogP contribution in [0, 0.1) is 0 Å². The van der Waals surface area contributed by atoms with Gasteiger partial charge >= 0.3 is 0 Å². The zero-order valence-electron chi connectivity index (χ0n) is 12.6. The first kappa shape index (κ1) is 15.3. The molecule has 0 amide bonds. The number of nitrogens with zero attached hydrogens (tertiary/aromatic N) is 3. The number of rotatable bonds is 3. The second kappa shape index (κ2) is 6.63. The molecule has 2 aliphatic rings. The van der Waals surface area contributed by atoms with Crippen molar-refractivity contribution in [1.82, 2.24) is 14.7 Å². The van der Waals surface area contributed by atoms with Crippen molar-refractivity contribution in [2.75, 3.05) is 46.3 Å². The third kappa shape index (κ3) is 3.76. The highest BCUT2D eigenvalue weighted by Gasteiger charge is 2.35. The molecule has 116 valence electrons. The Bertz CT molecular complexity index is 459. The molecule has 0 radical (unpaired) electrons. The van der Waals surface area contributed by atoms with Gasteiger partial charge in [0.05, 0.1) is 6.10 Å². The summed E-state index contributed by atoms with van der Waals surface area (Å²) >= 11 is 5.92. The zero-order chi connectivity index (χ0) is 14.8. The minimum absolute atomic E-state index is 0.196. The van der Waals surface area contributed by atoms with Crippen LogP contribution >= 0.6 is 11.6 Å². The van der Waals surface area contributed by atoms with Gasteiger partial charge in [-0.05, 0) is 24.7 Å². The summed E-state index contributed by atoms with van der Waals surface area (Å²) in [4.78, 5) is 7.15. The van der Waals surface area contributed by atoms with Gasteiger partial charge < -0.3 is 10.0 Å². The summed E-state index contributed by atoms with van der Waals surface area (Å²) in [5, 5.41) is 10.9. The second-order valence-electron chi connectivity index (χ2n) is 6.29. The fourth-order valence-electron chi connectivity index (χ4n) is 3.42. The molecule has 2 atom stereocenters. The summed E-state index contributed by atoms with van der Waals surface area (Å²) in [5.74, 6) is 0. The van der Waals surface area contributed by atoms with Gasteiger partial charge in [-0.2, -0.15) is 0 Å². The van der Waals surface area contributed by atoms with Gasteiger partial charge in [0.2, 0.25) is 0 Å². The first-order chi connectivity index (χ1) is 10.1. The summed E-state index contributed by atoms with van der Waals surface area (Å²) in [6.07, 6.45) is -0.196. The smallest absolute Gasteiger partial charge is 0.0834 e. The van der Waals surface area contributed by atoms with Gasteiger partial charge in [-0.15, -0.1) is 0 Å². The van der Waals surface area contributed by atoms with Crippen molar-refractivity contribution in [2.45, 2.75) is 18.7 Å². The number of benzene rings is 1. The van der Waals surface area contributed by atoms with Crippen molar-refractivity contribution in [2.24, 2.45) is 0 Å². The predicted molar refractivity (Wildman–Crippen MR) is 85.6 cm³/mol. The van der Waals surface area contributed by atoms with Crippen molar-refractivity contribution >= 4 is 11.6 Å². The molecule has 0 spiro atoms. The van der Waals surface area contributed by atoms with Gasteiger partial charge in [-0.1, -0.05) is 23.7 Å². The number of hydrogen-bond donors (Lipinski definition) is 1. The van der Waals surface area contributed by atoms with Crippen LogP contribution < -0.4 is 0 Å². The Hall–Kier alpha value is -0.650. The Morgan fingerprint density at radius 1 is 1.10 bits per heavy atom. The van der Waals surface area contributed by atoms with Crippen molar-refractivity contribution < 1.29 is 5.11 Å². The maximum atomic E-state index is 10.1. The van der Waals surface area contributed by atoms with Crippen LogP contribution in [0.4, 0.5) is 0 Å². The number of hydrogen-bond acceptors (Lipinski definition) is 4. The SMILES string of the molecule is CN1CC(O)C(N2CCN(Cc3ccc(Cl)cc3)CC2)C1. The lowest BCUT2D eigenvalue weighted by Gasteiger charge is -2.38. The van der Waals surface area contributed by atoms with Crippen molar-refractivity contribution in [1.29, 1.82) is 0 Å². The third-order valence-corrected chi connectivity index (χ3v) is 4.89. The Morgan fingerprint density at radius 2 is 1.76 bits per heavy atom. The first-order valence-corrected chi connectivity index (χ1v) is 8.07. The number of likely N-dealkylation sites (N-methyl/N-ethyl adjacent to an activating group) is 1. The second-order valence-corrected chi connectivity index (χ2v) is 6.73. The normalized spacial score (nSPS) is 29.1. The number of β-amino-alcohol motifs (C(OH)–C–C–N with tert-alkyl or cyclic N) is 1. The Labute approximate surface area is 131 Å². The van der Waals surface area contributed by atoms with Crippen LogP contribution in [0.25, 0.3) is 0 Å². The van der Waals surface area contributed by atoms with E-state index in [4.69, 9.17) is 11.6 Å². The minimum Gasteiger partial charge on any atom is -0.390 e. The van der Waals surface area contributed by atoms with Gasteiger partial charge in [0.1, 0.15) is 0 Å². The molecule has 5 heteroatoms. The highest BCUT2D eigenvalue weighted by molar-refractivity contribution is 6.30. The van der Waals surface area contributed by atoms with E-state index in [1.807, 2.05) is 12.1 Å². The Balaban J connectivity index is 1.50. The van der Waals surface area contributed by atoms with Crippen LogP contribution in [0.15, 0.2) is 24.3 Å². The third-order valence-electron chi connectivity index (χ3n) is 4.64. The average molecular weight is 310 g/mol. The summed E-state index contributed by atoms with van der Waals surface area (Å²) in [6, 6.07) is 8.43. The molecule has 0 saturated carbocycles. The van der Waals surface area contributed by atoms with Gasteiger partial charge in [0, 0.05) is 56.9 Å². The monoisotopic (exact) mass is 309 g/mol. The summed E-state index contributed by atoms with van der Waals surface area (Å²) in [7, 11) is 2.08. The molecule has 0 bridgehead atoms. The van der Waals surface area contributed by atoms with E-state index in [2.05, 4.69) is 33.9 Å². The van der Waals surface area contributed by atoms with Crippen molar-refractivity contribution in [3.05, 3.63) is 34.9 Å². The number of likely N-dealkylation sites (tertiary alicyclic amines) is 1. The predicted octanol–water partition coefficient (Wildman–Crippen LogP) is 1.13. The van der Waals surface area contributed by atoms with Crippen LogP contribution in [-0.2, 0) is 6.54 Å². The zero-order valence-corrected chi connectivity index (χ0v) is 13.3. The molecule has 1 N–H and O–H groups in total. The molecular formula is C16H24ClN3O. The molecule has 3 rings (SSSR count). The van der Waals surface area contributed by atoms with E-state index in [9.17, 15) is 5.11 Å². The molecule has 2 fully saturated rings. The molecule has 2 aliphatic heterocycles. The molecule has 2 unspecified atom stereocenters. The van der Waals surface area contributed by atoms with E-state index in [0.29, 0.717) is 6.04 Å². The fraction of sp³-hybridized carbons (Fsp3) is 0.625. The minimum atomic E-state index is -0.196. The first-order valence-electron chi connectivity index (χ1n) is 7.69. The standard InChI is InChI=1S/C16H24ClN3O/c1-18-11-15(16(21)12-18)20-8-6-19(7-9-20)10-13-2-4-14(17)5-3-13/h2-5,15-16,21H,6-12H2,1H3. The molecule has 0 aliphatic carbocycles. The molecule has 21 heavy (non-hydrogen) atoms. The van der Waals surface area contributed by atoms with E-state index in [1.54, 1.807) is 0 Å². The molecule has 2 saturated heterocycles. The summed E-state index contributed by atoms with van der Waals surface area (Å²) in [5.41, 5.74) is 1.31. The topological polar surface area (TPSA) is 30.0 Å². The lowest BCUT2D eigenvalue weighted by atomic mass is 10.1. The van der Waals surface area contributed by atoms with Gasteiger partial charge in [-0.3, -0.25) is 9.80 Å². The maximum Gasteiger partial charge on any atom is 0.0834 e.